The van der Waals surface area contributed by atoms with Crippen molar-refractivity contribution in [2.24, 2.45) is 17.3 Å². The lowest BCUT2D eigenvalue weighted by Gasteiger charge is -2.48. The summed E-state index contributed by atoms with van der Waals surface area (Å²) >= 11 is 0. The van der Waals surface area contributed by atoms with E-state index >= 15 is 0 Å². The monoisotopic (exact) mass is 674 g/mol. The third-order valence-electron chi connectivity index (χ3n) is 10.8. The number of carbonyl (C=O) groups excluding carboxylic acids is 1. The van der Waals surface area contributed by atoms with Crippen LogP contribution in [0.4, 0.5) is 0 Å². The summed E-state index contributed by atoms with van der Waals surface area (Å²) in [5.41, 5.74) is 1.94. The molecular formula is C42H62O5Si. The molecule has 4 atom stereocenters. The van der Waals surface area contributed by atoms with Crippen molar-refractivity contribution in [3.8, 4) is 0 Å². The molecule has 1 heterocycles. The number of rotatable bonds is 13. The molecule has 2 aromatic rings. The number of hydrogen-bond donors (Lipinski definition) is 0. The quantitative estimate of drug-likeness (QED) is 0.121. The van der Waals surface area contributed by atoms with Gasteiger partial charge in [-0.25, -0.2) is 4.79 Å². The average molecular weight is 675 g/mol. The van der Waals surface area contributed by atoms with Crippen LogP contribution in [0.2, 0.25) is 5.04 Å². The van der Waals surface area contributed by atoms with Gasteiger partial charge in [-0.15, -0.1) is 0 Å². The SMILES string of the molecule is C=C1C(C/C=C(\C)CCC2OCCO2)CC[C@H](C)[C@@]1(C)CC[C@H](O[Si](c1ccccc1)(c1ccccc1)C(C)(C)C)C(=O)OC(C)(C)C. The van der Waals surface area contributed by atoms with Crippen LogP contribution < -0.4 is 10.4 Å². The van der Waals surface area contributed by atoms with E-state index in [-0.39, 0.29) is 22.7 Å². The molecule has 4 rings (SSSR count). The van der Waals surface area contributed by atoms with Crippen molar-refractivity contribution in [2.45, 2.75) is 130 Å². The molecule has 0 aromatic heterocycles. The average Bonchev–Trinajstić information content (AvgIpc) is 3.56. The van der Waals surface area contributed by atoms with Crippen molar-refractivity contribution in [3.63, 3.8) is 0 Å². The Morgan fingerprint density at radius 1 is 0.979 bits per heavy atom. The second-order valence-corrected chi connectivity index (χ2v) is 20.7. The van der Waals surface area contributed by atoms with Gasteiger partial charge >= 0.3 is 5.97 Å². The largest absolute Gasteiger partial charge is 0.458 e. The summed E-state index contributed by atoms with van der Waals surface area (Å²) in [7, 11) is -3.00. The van der Waals surface area contributed by atoms with Crippen LogP contribution in [0.15, 0.2) is 84.5 Å². The summed E-state index contributed by atoms with van der Waals surface area (Å²) in [6.45, 7) is 25.7. The lowest BCUT2D eigenvalue weighted by atomic mass is 9.59. The second kappa shape index (κ2) is 16.0. The highest BCUT2D eigenvalue weighted by Crippen LogP contribution is 2.51. The number of carbonyl (C=O) groups is 1. The van der Waals surface area contributed by atoms with Crippen molar-refractivity contribution in [3.05, 3.63) is 84.5 Å². The minimum Gasteiger partial charge on any atom is -0.458 e. The Balaban J connectivity index is 1.61. The van der Waals surface area contributed by atoms with Crippen molar-refractivity contribution in [2.75, 3.05) is 13.2 Å². The summed E-state index contributed by atoms with van der Waals surface area (Å²) in [5, 5.41) is 2.06. The van der Waals surface area contributed by atoms with Gasteiger partial charge in [0.25, 0.3) is 8.32 Å². The Bertz CT molecular complexity index is 1330. The molecule has 2 aromatic carbocycles. The van der Waals surface area contributed by atoms with Gasteiger partial charge in [0.1, 0.15) is 11.7 Å². The summed E-state index contributed by atoms with van der Waals surface area (Å²) in [6.07, 6.45) is 8.17. The lowest BCUT2D eigenvalue weighted by molar-refractivity contribution is -0.164. The first kappa shape index (κ1) is 38.3. The molecular weight excluding hydrogens is 613 g/mol. The minimum atomic E-state index is -3.00. The van der Waals surface area contributed by atoms with E-state index in [4.69, 9.17) is 25.2 Å². The number of esters is 1. The van der Waals surface area contributed by atoms with Crippen LogP contribution in [0.3, 0.4) is 0 Å². The molecule has 0 amide bonds. The highest BCUT2D eigenvalue weighted by atomic mass is 28.4. The zero-order valence-electron chi connectivity index (χ0n) is 31.3. The van der Waals surface area contributed by atoms with Gasteiger partial charge in [-0.05, 0) is 98.9 Å². The Hall–Kier alpha value is -2.51. The number of hydrogen-bond acceptors (Lipinski definition) is 5. The standard InChI is InChI=1S/C42H62O5Si/c1-31(22-26-38-44-29-30-45-38)21-24-34-25-23-32(2)42(10,33(34)3)28-27-37(39(43)46-40(4,5)6)47-48(41(7,8)9,35-17-13-11-14-18-35)36-19-15-12-16-20-36/h11-21,32,34,37-38H,3,22-30H2,1-2,4-10H3/b31-21+/t32-,34?,37-,42+/m0/s1. The number of ether oxygens (including phenoxy) is 3. The number of benzene rings is 2. The molecule has 6 heteroatoms. The molecule has 2 aliphatic rings. The van der Waals surface area contributed by atoms with Gasteiger partial charge in [0.2, 0.25) is 0 Å². The molecule has 5 nitrogen and oxygen atoms in total. The van der Waals surface area contributed by atoms with Gasteiger partial charge in [-0.3, -0.25) is 0 Å². The van der Waals surface area contributed by atoms with Crippen molar-refractivity contribution < 1.29 is 23.4 Å². The highest BCUT2D eigenvalue weighted by molar-refractivity contribution is 6.99. The van der Waals surface area contributed by atoms with Gasteiger partial charge in [0.15, 0.2) is 6.29 Å². The molecule has 1 saturated heterocycles. The van der Waals surface area contributed by atoms with E-state index in [1.807, 2.05) is 32.9 Å². The molecule has 1 saturated carbocycles. The summed E-state index contributed by atoms with van der Waals surface area (Å²) in [4.78, 5) is 14.2. The van der Waals surface area contributed by atoms with Crippen LogP contribution in [-0.4, -0.2) is 45.5 Å². The maximum absolute atomic E-state index is 14.2. The van der Waals surface area contributed by atoms with Gasteiger partial charge in [0.05, 0.1) is 13.2 Å². The predicted molar refractivity (Wildman–Crippen MR) is 200 cm³/mol. The summed E-state index contributed by atoms with van der Waals surface area (Å²) in [6, 6.07) is 21.1. The third-order valence-corrected chi connectivity index (χ3v) is 15.9. The van der Waals surface area contributed by atoms with E-state index in [0.717, 1.165) is 48.9 Å². The van der Waals surface area contributed by atoms with E-state index < -0.39 is 20.0 Å². The van der Waals surface area contributed by atoms with Crippen LogP contribution >= 0.6 is 0 Å². The zero-order valence-corrected chi connectivity index (χ0v) is 32.3. The first-order valence-corrected chi connectivity index (χ1v) is 20.1. The molecule has 1 unspecified atom stereocenters. The molecule has 0 bridgehead atoms. The molecule has 0 N–H and O–H groups in total. The lowest BCUT2D eigenvalue weighted by Crippen LogP contribution is -2.68. The number of allylic oxidation sites excluding steroid dienone is 3. The molecule has 2 fully saturated rings. The second-order valence-electron chi connectivity index (χ2n) is 16.5. The Morgan fingerprint density at radius 3 is 2.06 bits per heavy atom. The van der Waals surface area contributed by atoms with E-state index in [0.29, 0.717) is 31.5 Å². The molecule has 264 valence electrons. The maximum atomic E-state index is 14.2. The fraction of sp³-hybridized carbons (Fsp3) is 0.595. The van der Waals surface area contributed by atoms with Gasteiger partial charge in [-0.2, -0.15) is 0 Å². The van der Waals surface area contributed by atoms with E-state index in [2.05, 4.69) is 96.1 Å². The third kappa shape index (κ3) is 9.18. The van der Waals surface area contributed by atoms with E-state index in [9.17, 15) is 4.79 Å². The zero-order chi connectivity index (χ0) is 35.2. The first-order chi connectivity index (χ1) is 22.6. The van der Waals surface area contributed by atoms with Crippen molar-refractivity contribution >= 4 is 24.7 Å². The minimum absolute atomic E-state index is 0.0638. The normalized spacial score (nSPS) is 23.7. The van der Waals surface area contributed by atoms with E-state index in [1.54, 1.807) is 0 Å². The van der Waals surface area contributed by atoms with Crippen LogP contribution in [0.1, 0.15) is 107 Å². The molecule has 0 radical (unpaired) electrons. The first-order valence-electron chi connectivity index (χ1n) is 18.2. The van der Waals surface area contributed by atoms with Gasteiger partial charge in [0, 0.05) is 6.42 Å². The fourth-order valence-electron chi connectivity index (χ4n) is 7.69. The topological polar surface area (TPSA) is 54.0 Å². The van der Waals surface area contributed by atoms with E-state index in [1.165, 1.54) is 11.1 Å². The smallest absolute Gasteiger partial charge is 0.334 e. The fourth-order valence-corrected chi connectivity index (χ4v) is 12.3. The molecule has 1 aliphatic heterocycles. The van der Waals surface area contributed by atoms with Crippen molar-refractivity contribution in [1.29, 1.82) is 0 Å². The Kier molecular flexibility index (Phi) is 12.8. The Labute approximate surface area is 292 Å². The van der Waals surface area contributed by atoms with Crippen molar-refractivity contribution in [1.82, 2.24) is 0 Å². The summed E-state index contributed by atoms with van der Waals surface area (Å²) in [5.74, 6) is 0.589. The maximum Gasteiger partial charge on any atom is 0.334 e. The predicted octanol–water partition coefficient (Wildman–Crippen LogP) is 9.15. The van der Waals surface area contributed by atoms with Crippen LogP contribution in [0.25, 0.3) is 0 Å². The van der Waals surface area contributed by atoms with Crippen LogP contribution in [0, 0.1) is 17.3 Å². The Morgan fingerprint density at radius 2 is 1.54 bits per heavy atom. The van der Waals surface area contributed by atoms with Crippen LogP contribution in [-0.2, 0) is 23.4 Å². The van der Waals surface area contributed by atoms with Gasteiger partial charge < -0.3 is 18.6 Å². The highest BCUT2D eigenvalue weighted by Gasteiger charge is 2.53. The van der Waals surface area contributed by atoms with Gasteiger partial charge in [-0.1, -0.05) is 119 Å². The van der Waals surface area contributed by atoms with Crippen LogP contribution in [0.5, 0.6) is 0 Å². The molecule has 1 aliphatic carbocycles. The summed E-state index contributed by atoms with van der Waals surface area (Å²) < 4.78 is 24.9. The molecule has 0 spiro atoms. The molecule has 48 heavy (non-hydrogen) atoms.